The lowest BCUT2D eigenvalue weighted by atomic mass is 9.79. The van der Waals surface area contributed by atoms with E-state index < -0.39 is 6.43 Å². The molecule has 2 heterocycles. The van der Waals surface area contributed by atoms with E-state index in [0.29, 0.717) is 5.41 Å². The third-order valence-electron chi connectivity index (χ3n) is 4.28. The van der Waals surface area contributed by atoms with Crippen molar-refractivity contribution < 1.29 is 8.78 Å². The summed E-state index contributed by atoms with van der Waals surface area (Å²) < 4.78 is 24.6. The summed E-state index contributed by atoms with van der Waals surface area (Å²) in [5, 5.41) is 0. The fraction of sp³-hybridized carbons (Fsp3) is 0.600. The van der Waals surface area contributed by atoms with Crippen molar-refractivity contribution >= 4 is 0 Å². The highest BCUT2D eigenvalue weighted by Crippen LogP contribution is 2.40. The van der Waals surface area contributed by atoms with E-state index in [1.807, 2.05) is 11.0 Å². The van der Waals surface area contributed by atoms with Gasteiger partial charge in [0.15, 0.2) is 0 Å². The van der Waals surface area contributed by atoms with Crippen molar-refractivity contribution in [2.24, 2.45) is 5.41 Å². The minimum Gasteiger partial charge on any atom is -0.298 e. The van der Waals surface area contributed by atoms with Crippen molar-refractivity contribution in [3.8, 4) is 0 Å². The predicted octanol–water partition coefficient (Wildman–Crippen LogP) is 2.46. The average molecular weight is 266 g/mol. The zero-order valence-corrected chi connectivity index (χ0v) is 11.1. The standard InChI is InChI=1S/C15H20F2N2/c16-14(17)9-19-11-15(12-19)6-7-18(10-15)8-13-4-2-1-3-5-13/h1-5,14H,6-12H2. The molecule has 104 valence electrons. The van der Waals surface area contributed by atoms with Crippen LogP contribution in [0.1, 0.15) is 12.0 Å². The van der Waals surface area contributed by atoms with Crippen molar-refractivity contribution in [1.82, 2.24) is 9.80 Å². The second kappa shape index (κ2) is 5.17. The number of hydrogen-bond donors (Lipinski definition) is 0. The maximum absolute atomic E-state index is 12.3. The van der Waals surface area contributed by atoms with Crippen LogP contribution in [0.3, 0.4) is 0 Å². The fourth-order valence-corrected chi connectivity index (χ4v) is 3.49. The van der Waals surface area contributed by atoms with Crippen LogP contribution in [-0.2, 0) is 6.54 Å². The lowest BCUT2D eigenvalue weighted by molar-refractivity contribution is -0.0300. The average Bonchev–Trinajstić information content (AvgIpc) is 2.73. The summed E-state index contributed by atoms with van der Waals surface area (Å²) in [6, 6.07) is 10.5. The summed E-state index contributed by atoms with van der Waals surface area (Å²) in [5.41, 5.74) is 1.63. The Morgan fingerprint density at radius 1 is 1.05 bits per heavy atom. The Labute approximate surface area is 113 Å². The number of alkyl halides is 2. The van der Waals surface area contributed by atoms with Crippen molar-refractivity contribution in [3.63, 3.8) is 0 Å². The maximum atomic E-state index is 12.3. The molecule has 0 N–H and O–H groups in total. The van der Waals surface area contributed by atoms with Gasteiger partial charge in [-0.05, 0) is 18.5 Å². The number of nitrogens with zero attached hydrogens (tertiary/aromatic N) is 2. The second-order valence-electron chi connectivity index (χ2n) is 6.01. The summed E-state index contributed by atoms with van der Waals surface area (Å²) >= 11 is 0. The molecule has 19 heavy (non-hydrogen) atoms. The van der Waals surface area contributed by atoms with E-state index in [2.05, 4.69) is 29.2 Å². The summed E-state index contributed by atoms with van der Waals surface area (Å²) in [4.78, 5) is 4.34. The molecule has 0 aliphatic carbocycles. The summed E-state index contributed by atoms with van der Waals surface area (Å²) in [6.07, 6.45) is -1.04. The van der Waals surface area contributed by atoms with Gasteiger partial charge >= 0.3 is 0 Å². The molecule has 0 bridgehead atoms. The van der Waals surface area contributed by atoms with Crippen molar-refractivity contribution in [2.45, 2.75) is 19.4 Å². The molecular weight excluding hydrogens is 246 g/mol. The van der Waals surface area contributed by atoms with E-state index in [-0.39, 0.29) is 6.54 Å². The van der Waals surface area contributed by atoms with Gasteiger partial charge in [0.2, 0.25) is 0 Å². The van der Waals surface area contributed by atoms with Gasteiger partial charge < -0.3 is 0 Å². The zero-order valence-electron chi connectivity index (χ0n) is 11.1. The Morgan fingerprint density at radius 3 is 2.42 bits per heavy atom. The van der Waals surface area contributed by atoms with Crippen LogP contribution in [0.15, 0.2) is 30.3 Å². The van der Waals surface area contributed by atoms with Crippen LogP contribution in [0.4, 0.5) is 8.78 Å². The molecule has 1 aromatic rings. The monoisotopic (exact) mass is 266 g/mol. The highest BCUT2D eigenvalue weighted by Gasteiger charge is 2.47. The van der Waals surface area contributed by atoms with Crippen molar-refractivity contribution in [1.29, 1.82) is 0 Å². The van der Waals surface area contributed by atoms with E-state index in [0.717, 1.165) is 39.1 Å². The fourth-order valence-electron chi connectivity index (χ4n) is 3.49. The Morgan fingerprint density at radius 2 is 1.74 bits per heavy atom. The molecule has 0 aromatic heterocycles. The minimum atomic E-state index is -2.20. The molecule has 2 aliphatic heterocycles. The van der Waals surface area contributed by atoms with Gasteiger partial charge in [-0.2, -0.15) is 0 Å². The van der Waals surface area contributed by atoms with Crippen LogP contribution >= 0.6 is 0 Å². The molecule has 2 saturated heterocycles. The van der Waals surface area contributed by atoms with Gasteiger partial charge in [0.1, 0.15) is 0 Å². The summed E-state index contributed by atoms with van der Waals surface area (Å²) in [7, 11) is 0. The van der Waals surface area contributed by atoms with Crippen LogP contribution in [0.25, 0.3) is 0 Å². The Bertz CT molecular complexity index is 415. The van der Waals surface area contributed by atoms with Gasteiger partial charge in [0.05, 0.1) is 6.54 Å². The predicted molar refractivity (Wildman–Crippen MR) is 71.2 cm³/mol. The number of hydrogen-bond acceptors (Lipinski definition) is 2. The van der Waals surface area contributed by atoms with Crippen LogP contribution in [-0.4, -0.2) is 48.9 Å². The molecule has 0 radical (unpaired) electrons. The molecular formula is C15H20F2N2. The molecule has 2 nitrogen and oxygen atoms in total. The Kier molecular flexibility index (Phi) is 3.54. The van der Waals surface area contributed by atoms with Crippen LogP contribution in [0, 0.1) is 5.41 Å². The first-order valence-corrected chi connectivity index (χ1v) is 6.92. The molecule has 3 rings (SSSR count). The molecule has 1 aromatic carbocycles. The van der Waals surface area contributed by atoms with E-state index in [1.165, 1.54) is 5.56 Å². The van der Waals surface area contributed by atoms with Crippen LogP contribution in [0.2, 0.25) is 0 Å². The lowest BCUT2D eigenvalue weighted by Gasteiger charge is -2.48. The van der Waals surface area contributed by atoms with E-state index >= 15 is 0 Å². The molecule has 2 aliphatic rings. The normalized spacial score (nSPS) is 23.1. The topological polar surface area (TPSA) is 6.48 Å². The van der Waals surface area contributed by atoms with E-state index in [1.54, 1.807) is 0 Å². The van der Waals surface area contributed by atoms with Gasteiger partial charge in [-0.1, -0.05) is 30.3 Å². The van der Waals surface area contributed by atoms with Gasteiger partial charge in [-0.25, -0.2) is 8.78 Å². The van der Waals surface area contributed by atoms with Crippen molar-refractivity contribution in [2.75, 3.05) is 32.7 Å². The number of rotatable bonds is 4. The van der Waals surface area contributed by atoms with Gasteiger partial charge in [-0.3, -0.25) is 9.80 Å². The number of benzene rings is 1. The van der Waals surface area contributed by atoms with E-state index in [9.17, 15) is 8.78 Å². The summed E-state index contributed by atoms with van der Waals surface area (Å²) in [6.45, 7) is 4.78. The van der Waals surface area contributed by atoms with Gasteiger partial charge in [0.25, 0.3) is 6.43 Å². The largest absolute Gasteiger partial charge is 0.298 e. The number of likely N-dealkylation sites (tertiary alicyclic amines) is 2. The molecule has 4 heteroatoms. The van der Waals surface area contributed by atoms with Gasteiger partial charge in [-0.15, -0.1) is 0 Å². The SMILES string of the molecule is FC(F)CN1CC2(CCN(Cc3ccccc3)C2)C1. The number of halogens is 2. The molecule has 0 atom stereocenters. The lowest BCUT2D eigenvalue weighted by Crippen LogP contribution is -2.58. The second-order valence-corrected chi connectivity index (χ2v) is 6.01. The summed E-state index contributed by atoms with van der Waals surface area (Å²) in [5.74, 6) is 0. The minimum absolute atomic E-state index is 0.0551. The van der Waals surface area contributed by atoms with Crippen LogP contribution in [0.5, 0.6) is 0 Å². The zero-order chi connectivity index (χ0) is 13.3. The first-order valence-electron chi connectivity index (χ1n) is 6.92. The highest BCUT2D eigenvalue weighted by molar-refractivity contribution is 5.15. The highest BCUT2D eigenvalue weighted by atomic mass is 19.3. The smallest absolute Gasteiger partial charge is 0.251 e. The quantitative estimate of drug-likeness (QED) is 0.826. The molecule has 2 fully saturated rings. The molecule has 0 amide bonds. The molecule has 0 unspecified atom stereocenters. The van der Waals surface area contributed by atoms with Gasteiger partial charge in [0, 0.05) is 31.6 Å². The van der Waals surface area contributed by atoms with E-state index in [4.69, 9.17) is 0 Å². The third-order valence-corrected chi connectivity index (χ3v) is 4.28. The molecule has 0 saturated carbocycles. The first-order chi connectivity index (χ1) is 9.15. The first kappa shape index (κ1) is 13.0. The molecule has 1 spiro atoms. The van der Waals surface area contributed by atoms with Crippen LogP contribution < -0.4 is 0 Å². The van der Waals surface area contributed by atoms with Crippen molar-refractivity contribution in [3.05, 3.63) is 35.9 Å². The Balaban J connectivity index is 1.49. The maximum Gasteiger partial charge on any atom is 0.251 e. The Hall–Kier alpha value is -1.00. The third kappa shape index (κ3) is 2.95.